The number of rotatable bonds is 7. The van der Waals surface area contributed by atoms with Crippen LogP contribution in [0.5, 0.6) is 0 Å². The molecule has 3 rings (SSSR count). The molecule has 180 valence electrons. The molecule has 0 saturated carbocycles. The SMILES string of the molecule is Cc1ccc(C(=O)NCc2ccc(N(C)CS(=O)O)cc2)c(=O)n1-c1cccc(C(F)(F)F)c1. The van der Waals surface area contributed by atoms with E-state index in [1.165, 1.54) is 24.3 Å². The van der Waals surface area contributed by atoms with Crippen molar-refractivity contribution in [3.05, 3.63) is 93.4 Å². The van der Waals surface area contributed by atoms with Gasteiger partial charge in [-0.1, -0.05) is 18.2 Å². The number of nitrogens with one attached hydrogen (secondary N) is 1. The molecule has 7 nitrogen and oxygen atoms in total. The lowest BCUT2D eigenvalue weighted by molar-refractivity contribution is -0.137. The van der Waals surface area contributed by atoms with Gasteiger partial charge in [0.2, 0.25) is 0 Å². The van der Waals surface area contributed by atoms with Gasteiger partial charge in [0.15, 0.2) is 11.1 Å². The van der Waals surface area contributed by atoms with Crippen LogP contribution in [0.25, 0.3) is 5.69 Å². The zero-order chi connectivity index (χ0) is 25.0. The minimum atomic E-state index is -4.57. The van der Waals surface area contributed by atoms with Crippen LogP contribution >= 0.6 is 0 Å². The molecule has 1 unspecified atom stereocenters. The summed E-state index contributed by atoms with van der Waals surface area (Å²) in [7, 11) is 1.66. The van der Waals surface area contributed by atoms with Crippen LogP contribution in [-0.4, -0.2) is 32.2 Å². The van der Waals surface area contributed by atoms with Gasteiger partial charge in [0.1, 0.15) is 11.4 Å². The van der Waals surface area contributed by atoms with Crippen molar-refractivity contribution in [1.82, 2.24) is 9.88 Å². The van der Waals surface area contributed by atoms with Crippen molar-refractivity contribution < 1.29 is 26.7 Å². The summed E-state index contributed by atoms with van der Waals surface area (Å²) >= 11 is -1.98. The molecular formula is C23H22F3N3O4S. The molecule has 0 aliphatic carbocycles. The van der Waals surface area contributed by atoms with Crippen LogP contribution < -0.4 is 15.8 Å². The Labute approximate surface area is 196 Å². The van der Waals surface area contributed by atoms with Crippen LogP contribution in [-0.2, 0) is 23.8 Å². The van der Waals surface area contributed by atoms with Gasteiger partial charge in [-0.25, -0.2) is 4.21 Å². The molecule has 0 spiro atoms. The summed E-state index contributed by atoms with van der Waals surface area (Å²) in [6.07, 6.45) is -4.57. The van der Waals surface area contributed by atoms with Gasteiger partial charge >= 0.3 is 6.18 Å². The molecular weight excluding hydrogens is 471 g/mol. The van der Waals surface area contributed by atoms with E-state index in [0.717, 1.165) is 22.3 Å². The second-order valence-electron chi connectivity index (χ2n) is 7.57. The van der Waals surface area contributed by atoms with E-state index < -0.39 is 34.3 Å². The third-order valence-electron chi connectivity index (χ3n) is 5.09. The van der Waals surface area contributed by atoms with Crippen LogP contribution in [0.4, 0.5) is 18.9 Å². The molecule has 2 aromatic carbocycles. The van der Waals surface area contributed by atoms with Gasteiger partial charge in [-0.05, 0) is 55.0 Å². The molecule has 0 aliphatic heterocycles. The van der Waals surface area contributed by atoms with E-state index >= 15 is 0 Å². The van der Waals surface area contributed by atoms with Crippen molar-refractivity contribution in [3.63, 3.8) is 0 Å². The van der Waals surface area contributed by atoms with E-state index in [9.17, 15) is 27.0 Å². The van der Waals surface area contributed by atoms with Crippen molar-refractivity contribution in [2.75, 3.05) is 17.8 Å². The average Bonchev–Trinajstić information content (AvgIpc) is 2.77. The number of alkyl halides is 3. The lowest BCUT2D eigenvalue weighted by atomic mass is 10.1. The lowest BCUT2D eigenvalue weighted by Gasteiger charge is -2.17. The van der Waals surface area contributed by atoms with Crippen LogP contribution in [0.2, 0.25) is 0 Å². The fourth-order valence-corrected chi connectivity index (χ4v) is 3.81. The number of anilines is 1. The molecule has 1 amide bonds. The van der Waals surface area contributed by atoms with Gasteiger partial charge in [-0.3, -0.25) is 14.2 Å². The van der Waals surface area contributed by atoms with Gasteiger partial charge < -0.3 is 14.8 Å². The number of carbonyl (C=O) groups is 1. The van der Waals surface area contributed by atoms with E-state index in [4.69, 9.17) is 4.55 Å². The molecule has 11 heteroatoms. The molecule has 34 heavy (non-hydrogen) atoms. The molecule has 1 heterocycles. The Morgan fingerprint density at radius 3 is 2.41 bits per heavy atom. The quantitative estimate of drug-likeness (QED) is 0.490. The summed E-state index contributed by atoms with van der Waals surface area (Å²) in [5.74, 6) is -0.718. The number of pyridine rings is 1. The molecule has 1 atom stereocenters. The van der Waals surface area contributed by atoms with Gasteiger partial charge in [-0.15, -0.1) is 0 Å². The lowest BCUT2D eigenvalue weighted by Crippen LogP contribution is -2.33. The van der Waals surface area contributed by atoms with Crippen LogP contribution in [0.15, 0.2) is 65.5 Å². The second-order valence-corrected chi connectivity index (χ2v) is 8.48. The van der Waals surface area contributed by atoms with Crippen molar-refractivity contribution in [1.29, 1.82) is 0 Å². The first kappa shape index (κ1) is 25.2. The van der Waals surface area contributed by atoms with Crippen LogP contribution in [0.3, 0.4) is 0 Å². The summed E-state index contributed by atoms with van der Waals surface area (Å²) in [5, 5.41) is 2.64. The summed E-state index contributed by atoms with van der Waals surface area (Å²) in [6.45, 7) is 1.67. The number of benzene rings is 2. The number of aromatic nitrogens is 1. The predicted molar refractivity (Wildman–Crippen MR) is 123 cm³/mol. The Balaban J connectivity index is 1.79. The van der Waals surface area contributed by atoms with Gasteiger partial charge in [0.25, 0.3) is 11.5 Å². The number of nitrogens with zero attached hydrogens (tertiary/aromatic N) is 2. The Morgan fingerprint density at radius 2 is 1.79 bits per heavy atom. The largest absolute Gasteiger partial charge is 0.416 e. The monoisotopic (exact) mass is 493 g/mol. The fraction of sp³-hybridized carbons (Fsp3) is 0.217. The van der Waals surface area contributed by atoms with Crippen molar-refractivity contribution in [2.45, 2.75) is 19.6 Å². The topological polar surface area (TPSA) is 91.6 Å². The van der Waals surface area contributed by atoms with Gasteiger partial charge in [-0.2, -0.15) is 13.2 Å². The third kappa shape index (κ3) is 5.91. The molecule has 0 bridgehead atoms. The first-order valence-corrected chi connectivity index (χ1v) is 11.3. The number of hydrogen-bond acceptors (Lipinski definition) is 4. The molecule has 0 aliphatic rings. The standard InChI is InChI=1S/C23H22F3N3O4S/c1-15-6-11-20(22(31)29(15)19-5-3-4-17(12-19)23(24,25)26)21(30)27-13-16-7-9-18(10-8-16)28(2)14-34(32)33/h3-12H,13-14H2,1-2H3,(H,27,30)(H,32,33). The minimum absolute atomic E-state index is 0.00972. The van der Waals surface area contributed by atoms with E-state index in [1.54, 1.807) is 43.1 Å². The summed E-state index contributed by atoms with van der Waals surface area (Å²) in [5.41, 5.74) is -0.0122. The highest BCUT2D eigenvalue weighted by atomic mass is 32.2. The van der Waals surface area contributed by atoms with E-state index in [1.807, 2.05) is 0 Å². The number of halogens is 3. The highest BCUT2D eigenvalue weighted by molar-refractivity contribution is 7.79. The zero-order valence-corrected chi connectivity index (χ0v) is 19.1. The Morgan fingerprint density at radius 1 is 1.12 bits per heavy atom. The number of carbonyl (C=O) groups excluding carboxylic acids is 1. The normalized spacial score (nSPS) is 12.3. The zero-order valence-electron chi connectivity index (χ0n) is 18.3. The van der Waals surface area contributed by atoms with Crippen molar-refractivity contribution in [2.24, 2.45) is 0 Å². The Bertz CT molecular complexity index is 1270. The molecule has 0 saturated heterocycles. The maximum absolute atomic E-state index is 13.1. The maximum Gasteiger partial charge on any atom is 0.416 e. The molecule has 3 aromatic rings. The van der Waals surface area contributed by atoms with Gasteiger partial charge in [0, 0.05) is 30.7 Å². The van der Waals surface area contributed by atoms with E-state index in [2.05, 4.69) is 5.32 Å². The van der Waals surface area contributed by atoms with Crippen molar-refractivity contribution in [3.8, 4) is 5.69 Å². The van der Waals surface area contributed by atoms with Crippen molar-refractivity contribution >= 4 is 22.7 Å². The Hall–Kier alpha value is -3.44. The second kappa shape index (κ2) is 10.2. The maximum atomic E-state index is 13.1. The summed E-state index contributed by atoms with van der Waals surface area (Å²) in [4.78, 5) is 27.3. The third-order valence-corrected chi connectivity index (χ3v) is 5.70. The Kier molecular flexibility index (Phi) is 7.57. The fourth-order valence-electron chi connectivity index (χ4n) is 3.33. The molecule has 0 radical (unpaired) electrons. The molecule has 1 aromatic heterocycles. The van der Waals surface area contributed by atoms with Crippen LogP contribution in [0, 0.1) is 6.92 Å². The van der Waals surface area contributed by atoms with E-state index in [-0.39, 0.29) is 23.7 Å². The first-order chi connectivity index (χ1) is 16.0. The number of amides is 1. The number of aryl methyl sites for hydroxylation is 1. The van der Waals surface area contributed by atoms with Crippen LogP contribution in [0.1, 0.15) is 27.2 Å². The molecule has 0 fully saturated rings. The minimum Gasteiger partial charge on any atom is -0.361 e. The highest BCUT2D eigenvalue weighted by Gasteiger charge is 2.30. The smallest absolute Gasteiger partial charge is 0.361 e. The first-order valence-electron chi connectivity index (χ1n) is 10.0. The number of hydrogen-bond donors (Lipinski definition) is 2. The van der Waals surface area contributed by atoms with Gasteiger partial charge in [0.05, 0.1) is 5.56 Å². The highest BCUT2D eigenvalue weighted by Crippen LogP contribution is 2.30. The average molecular weight is 494 g/mol. The molecule has 2 N–H and O–H groups in total. The van der Waals surface area contributed by atoms with E-state index in [0.29, 0.717) is 11.4 Å². The predicted octanol–water partition coefficient (Wildman–Crippen LogP) is 3.71. The summed E-state index contributed by atoms with van der Waals surface area (Å²) in [6, 6.07) is 14.1. The summed E-state index contributed by atoms with van der Waals surface area (Å²) < 4.78 is 60.3.